The molecule has 0 bridgehead atoms. The van der Waals surface area contributed by atoms with Gasteiger partial charge in [0.15, 0.2) is 12.4 Å². The SMILES string of the molecule is CS(=O)(=O)CC[C@H](C(=O)OCC(=O)c1ccc2ccccc2c1)N1C(=O)c2ccccc2C1=O. The van der Waals surface area contributed by atoms with Crippen molar-refractivity contribution in [3.05, 3.63) is 83.4 Å². The lowest BCUT2D eigenvalue weighted by Gasteiger charge is -2.24. The van der Waals surface area contributed by atoms with E-state index in [1.807, 2.05) is 24.3 Å². The largest absolute Gasteiger partial charge is 0.456 e. The summed E-state index contributed by atoms with van der Waals surface area (Å²) in [6, 6.07) is 17.1. The summed E-state index contributed by atoms with van der Waals surface area (Å²) in [6.07, 6.45) is 0.647. The Bertz CT molecular complexity index is 1390. The molecule has 34 heavy (non-hydrogen) atoms. The number of carbonyl (C=O) groups is 4. The molecular formula is C25H21NO7S. The third-order valence-electron chi connectivity index (χ3n) is 5.59. The third kappa shape index (κ3) is 4.74. The van der Waals surface area contributed by atoms with Crippen LogP contribution in [-0.2, 0) is 19.4 Å². The topological polar surface area (TPSA) is 115 Å². The van der Waals surface area contributed by atoms with Crippen LogP contribution >= 0.6 is 0 Å². The van der Waals surface area contributed by atoms with Gasteiger partial charge in [-0.15, -0.1) is 0 Å². The molecule has 0 aliphatic carbocycles. The van der Waals surface area contributed by atoms with Gasteiger partial charge in [0.1, 0.15) is 15.9 Å². The number of Topliss-reactive ketones (excluding diaryl/α,β-unsaturated/α-hetero) is 1. The fourth-order valence-corrected chi connectivity index (χ4v) is 4.50. The van der Waals surface area contributed by atoms with E-state index in [0.29, 0.717) is 5.56 Å². The third-order valence-corrected chi connectivity index (χ3v) is 6.57. The van der Waals surface area contributed by atoms with Crippen molar-refractivity contribution in [1.82, 2.24) is 4.90 Å². The van der Waals surface area contributed by atoms with Crippen molar-refractivity contribution in [2.75, 3.05) is 18.6 Å². The second kappa shape index (κ2) is 9.18. The smallest absolute Gasteiger partial charge is 0.329 e. The van der Waals surface area contributed by atoms with Crippen molar-refractivity contribution >= 4 is 44.2 Å². The Kier molecular flexibility index (Phi) is 6.30. The lowest BCUT2D eigenvalue weighted by Crippen LogP contribution is -2.46. The zero-order valence-corrected chi connectivity index (χ0v) is 19.1. The number of hydrogen-bond donors (Lipinski definition) is 0. The van der Waals surface area contributed by atoms with Crippen molar-refractivity contribution in [3.63, 3.8) is 0 Å². The number of amides is 2. The maximum absolute atomic E-state index is 12.9. The van der Waals surface area contributed by atoms with E-state index in [1.54, 1.807) is 30.3 Å². The first-order valence-electron chi connectivity index (χ1n) is 10.5. The Hall–Kier alpha value is -3.85. The monoisotopic (exact) mass is 479 g/mol. The molecule has 0 N–H and O–H groups in total. The normalized spacial score (nSPS) is 14.2. The number of carbonyl (C=O) groups excluding carboxylic acids is 4. The molecule has 3 aromatic carbocycles. The molecule has 1 atom stereocenters. The molecule has 0 unspecified atom stereocenters. The van der Waals surface area contributed by atoms with Crippen LogP contribution in [0.2, 0.25) is 0 Å². The van der Waals surface area contributed by atoms with Gasteiger partial charge in [-0.3, -0.25) is 19.3 Å². The van der Waals surface area contributed by atoms with Crippen molar-refractivity contribution in [2.45, 2.75) is 12.5 Å². The number of sulfone groups is 1. The van der Waals surface area contributed by atoms with Gasteiger partial charge in [-0.2, -0.15) is 0 Å². The van der Waals surface area contributed by atoms with E-state index in [0.717, 1.165) is 21.9 Å². The summed E-state index contributed by atoms with van der Waals surface area (Å²) >= 11 is 0. The molecule has 9 heteroatoms. The first-order valence-corrected chi connectivity index (χ1v) is 12.5. The Morgan fingerprint density at radius 1 is 0.882 bits per heavy atom. The highest BCUT2D eigenvalue weighted by molar-refractivity contribution is 7.90. The standard InChI is InChI=1S/C25H21NO7S/c1-34(31,32)13-12-21(26-23(28)19-8-4-5-9-20(19)24(26)29)25(30)33-15-22(27)18-11-10-16-6-2-3-7-17(16)14-18/h2-11,14,21H,12-13,15H2,1H3/t21-/m1/s1. The zero-order chi connectivity index (χ0) is 24.5. The van der Waals surface area contributed by atoms with Gasteiger partial charge in [-0.25, -0.2) is 13.2 Å². The highest BCUT2D eigenvalue weighted by Crippen LogP contribution is 2.26. The molecule has 1 heterocycles. The number of imide groups is 1. The zero-order valence-electron chi connectivity index (χ0n) is 18.3. The number of ether oxygens (including phenoxy) is 1. The number of nitrogens with zero attached hydrogens (tertiary/aromatic N) is 1. The first-order chi connectivity index (χ1) is 16.2. The van der Waals surface area contributed by atoms with Crippen LogP contribution in [0, 0.1) is 0 Å². The van der Waals surface area contributed by atoms with Crippen LogP contribution in [-0.4, -0.2) is 61.5 Å². The number of rotatable bonds is 8. The summed E-state index contributed by atoms with van der Waals surface area (Å²) in [7, 11) is -3.50. The Morgan fingerprint density at radius 3 is 2.09 bits per heavy atom. The molecule has 3 aromatic rings. The summed E-state index contributed by atoms with van der Waals surface area (Å²) in [5.41, 5.74) is 0.578. The molecule has 0 saturated carbocycles. The molecule has 0 fully saturated rings. The summed E-state index contributed by atoms with van der Waals surface area (Å²) < 4.78 is 28.6. The molecule has 0 aromatic heterocycles. The quantitative estimate of drug-likeness (QED) is 0.277. The minimum Gasteiger partial charge on any atom is -0.456 e. The van der Waals surface area contributed by atoms with Gasteiger partial charge in [0, 0.05) is 11.8 Å². The average molecular weight is 480 g/mol. The van der Waals surface area contributed by atoms with Crippen molar-refractivity contribution in [3.8, 4) is 0 Å². The van der Waals surface area contributed by atoms with E-state index < -0.39 is 51.8 Å². The van der Waals surface area contributed by atoms with Gasteiger partial charge in [-0.1, -0.05) is 48.5 Å². The van der Waals surface area contributed by atoms with Gasteiger partial charge in [0.05, 0.1) is 16.9 Å². The van der Waals surface area contributed by atoms with Crippen LogP contribution in [0.25, 0.3) is 10.8 Å². The predicted octanol–water partition coefficient (Wildman–Crippen LogP) is 2.67. The molecule has 2 amide bonds. The lowest BCUT2D eigenvalue weighted by atomic mass is 10.0. The van der Waals surface area contributed by atoms with Crippen molar-refractivity contribution in [1.29, 1.82) is 0 Å². The van der Waals surface area contributed by atoms with Crippen LogP contribution in [0.4, 0.5) is 0 Å². The summed E-state index contributed by atoms with van der Waals surface area (Å²) in [4.78, 5) is 52.0. The maximum atomic E-state index is 12.9. The molecule has 0 saturated heterocycles. The number of benzene rings is 3. The van der Waals surface area contributed by atoms with E-state index in [9.17, 15) is 27.6 Å². The molecule has 1 aliphatic rings. The van der Waals surface area contributed by atoms with E-state index in [-0.39, 0.29) is 17.5 Å². The Balaban J connectivity index is 1.53. The first kappa shape index (κ1) is 23.3. The van der Waals surface area contributed by atoms with E-state index in [1.165, 1.54) is 12.1 Å². The van der Waals surface area contributed by atoms with Crippen LogP contribution < -0.4 is 0 Å². The predicted molar refractivity (Wildman–Crippen MR) is 124 cm³/mol. The van der Waals surface area contributed by atoms with E-state index in [2.05, 4.69) is 0 Å². The number of fused-ring (bicyclic) bond motifs is 2. The fourth-order valence-electron chi connectivity index (χ4n) is 3.85. The highest BCUT2D eigenvalue weighted by Gasteiger charge is 2.43. The van der Waals surface area contributed by atoms with Crippen LogP contribution in [0.15, 0.2) is 66.7 Å². The minimum atomic E-state index is -3.50. The van der Waals surface area contributed by atoms with Crippen molar-refractivity contribution in [2.24, 2.45) is 0 Å². The van der Waals surface area contributed by atoms with E-state index >= 15 is 0 Å². The molecular weight excluding hydrogens is 458 g/mol. The van der Waals surface area contributed by atoms with Crippen molar-refractivity contribution < 1.29 is 32.3 Å². The lowest BCUT2D eigenvalue weighted by molar-refractivity contribution is -0.147. The number of hydrogen-bond acceptors (Lipinski definition) is 7. The molecule has 1 aliphatic heterocycles. The Morgan fingerprint density at radius 2 is 1.47 bits per heavy atom. The average Bonchev–Trinajstić information content (AvgIpc) is 3.07. The molecule has 0 radical (unpaired) electrons. The van der Waals surface area contributed by atoms with Gasteiger partial charge in [0.2, 0.25) is 0 Å². The molecule has 0 spiro atoms. The van der Waals surface area contributed by atoms with Gasteiger partial charge >= 0.3 is 5.97 Å². The second-order valence-corrected chi connectivity index (χ2v) is 10.3. The maximum Gasteiger partial charge on any atom is 0.329 e. The number of ketones is 1. The summed E-state index contributed by atoms with van der Waals surface area (Å²) in [6.45, 7) is -0.615. The molecule has 174 valence electrons. The highest BCUT2D eigenvalue weighted by atomic mass is 32.2. The number of esters is 1. The van der Waals surface area contributed by atoms with Gasteiger partial charge < -0.3 is 4.74 Å². The van der Waals surface area contributed by atoms with Gasteiger partial charge in [0.25, 0.3) is 11.8 Å². The minimum absolute atomic E-state index is 0.122. The van der Waals surface area contributed by atoms with E-state index in [4.69, 9.17) is 4.74 Å². The summed E-state index contributed by atoms with van der Waals surface area (Å²) in [5, 5.41) is 1.79. The van der Waals surface area contributed by atoms with Crippen LogP contribution in [0.1, 0.15) is 37.5 Å². The van der Waals surface area contributed by atoms with Gasteiger partial charge in [-0.05, 0) is 35.4 Å². The molecule has 4 rings (SSSR count). The summed E-state index contributed by atoms with van der Waals surface area (Å²) in [5.74, 6) is -3.36. The fraction of sp³-hybridized carbons (Fsp3) is 0.200. The van der Waals surface area contributed by atoms with Crippen LogP contribution in [0.3, 0.4) is 0 Å². The second-order valence-electron chi connectivity index (χ2n) is 8.05. The van der Waals surface area contributed by atoms with Crippen LogP contribution in [0.5, 0.6) is 0 Å². The Labute approximate surface area is 196 Å². The molecule has 8 nitrogen and oxygen atoms in total.